The lowest BCUT2D eigenvalue weighted by atomic mass is 10.0. The van der Waals surface area contributed by atoms with Gasteiger partial charge in [0.05, 0.1) is 41.0 Å². The number of rotatable bonds is 4. The van der Waals surface area contributed by atoms with Crippen LogP contribution in [0.2, 0.25) is 5.02 Å². The Bertz CT molecular complexity index is 794. The maximum absolute atomic E-state index is 9.07. The van der Waals surface area contributed by atoms with Crippen molar-refractivity contribution >= 4 is 40.0 Å². The first-order valence-electron chi connectivity index (χ1n) is 6.39. The summed E-state index contributed by atoms with van der Waals surface area (Å²) in [6.45, 7) is 0. The molecule has 1 aromatic heterocycles. The Kier molecular flexibility index (Phi) is 4.00. The summed E-state index contributed by atoms with van der Waals surface area (Å²) < 4.78 is 8.50. The minimum atomic E-state index is -0.138. The van der Waals surface area contributed by atoms with E-state index in [4.69, 9.17) is 16.9 Å². The highest BCUT2D eigenvalue weighted by molar-refractivity contribution is 7.00. The first kappa shape index (κ1) is 13.8. The third-order valence-corrected chi connectivity index (χ3v) is 4.05. The van der Waals surface area contributed by atoms with Gasteiger partial charge in [-0.2, -0.15) is 14.0 Å². The zero-order valence-electron chi connectivity index (χ0n) is 11.0. The highest BCUT2D eigenvalue weighted by Crippen LogP contribution is 2.33. The van der Waals surface area contributed by atoms with Gasteiger partial charge in [0.25, 0.3) is 0 Å². The Morgan fingerprint density at radius 2 is 2.00 bits per heavy atom. The zero-order chi connectivity index (χ0) is 14.7. The van der Waals surface area contributed by atoms with Crippen molar-refractivity contribution in [3.05, 3.63) is 53.1 Å². The van der Waals surface area contributed by atoms with Crippen LogP contribution < -0.4 is 5.32 Å². The van der Waals surface area contributed by atoms with Crippen molar-refractivity contribution in [2.24, 2.45) is 0 Å². The van der Waals surface area contributed by atoms with Gasteiger partial charge in [0, 0.05) is 0 Å². The lowest BCUT2D eigenvalue weighted by Gasteiger charge is -2.18. The van der Waals surface area contributed by atoms with Crippen LogP contribution in [0.1, 0.15) is 18.0 Å². The average molecular weight is 315 g/mol. The van der Waals surface area contributed by atoms with Gasteiger partial charge < -0.3 is 5.32 Å². The van der Waals surface area contributed by atoms with Crippen LogP contribution in [0.3, 0.4) is 0 Å². The van der Waals surface area contributed by atoms with E-state index in [1.54, 1.807) is 6.07 Å². The van der Waals surface area contributed by atoms with E-state index in [9.17, 15) is 0 Å². The number of nitriles is 1. The molecule has 0 radical (unpaired) electrons. The van der Waals surface area contributed by atoms with E-state index in [0.29, 0.717) is 11.4 Å². The summed E-state index contributed by atoms with van der Waals surface area (Å²) in [5.74, 6) is 0. The first-order valence-corrected chi connectivity index (χ1v) is 7.49. The fourth-order valence-corrected chi connectivity index (χ4v) is 2.92. The zero-order valence-corrected chi connectivity index (χ0v) is 12.5. The lowest BCUT2D eigenvalue weighted by Crippen LogP contribution is -2.10. The van der Waals surface area contributed by atoms with Crippen LogP contribution in [0.5, 0.6) is 0 Å². The van der Waals surface area contributed by atoms with Gasteiger partial charge in [-0.15, -0.1) is 0 Å². The van der Waals surface area contributed by atoms with Crippen LogP contribution in [-0.2, 0) is 0 Å². The molecule has 0 aliphatic carbocycles. The summed E-state index contributed by atoms with van der Waals surface area (Å²) in [5, 5.41) is 13.0. The Balaban J connectivity index is 2.01. The SMILES string of the molecule is N#CCC(Nc1c(Cl)ccc2nsnc12)c1ccccc1. The lowest BCUT2D eigenvalue weighted by molar-refractivity contribution is 0.807. The maximum atomic E-state index is 9.07. The molecular formula is C15H11ClN4S. The second-order valence-corrected chi connectivity index (χ2v) is 5.46. The molecule has 2 aromatic carbocycles. The van der Waals surface area contributed by atoms with Crippen LogP contribution in [0.15, 0.2) is 42.5 Å². The maximum Gasteiger partial charge on any atom is 0.129 e. The van der Waals surface area contributed by atoms with Crippen LogP contribution in [0.25, 0.3) is 11.0 Å². The quantitative estimate of drug-likeness (QED) is 0.774. The number of aromatic nitrogens is 2. The minimum Gasteiger partial charge on any atom is -0.374 e. The molecule has 0 saturated heterocycles. The number of nitrogens with one attached hydrogen (secondary N) is 1. The Morgan fingerprint density at radius 1 is 1.19 bits per heavy atom. The second kappa shape index (κ2) is 6.08. The van der Waals surface area contributed by atoms with Crippen molar-refractivity contribution in [3.63, 3.8) is 0 Å². The van der Waals surface area contributed by atoms with Crippen molar-refractivity contribution in [1.29, 1.82) is 5.26 Å². The summed E-state index contributed by atoms with van der Waals surface area (Å²) >= 11 is 7.43. The summed E-state index contributed by atoms with van der Waals surface area (Å²) in [6.07, 6.45) is 0.342. The number of halogens is 1. The molecule has 0 aliphatic rings. The van der Waals surface area contributed by atoms with Crippen molar-refractivity contribution in [1.82, 2.24) is 8.75 Å². The molecule has 0 fully saturated rings. The van der Waals surface area contributed by atoms with E-state index >= 15 is 0 Å². The molecule has 1 unspecified atom stereocenters. The van der Waals surface area contributed by atoms with Crippen LogP contribution >= 0.6 is 23.3 Å². The summed E-state index contributed by atoms with van der Waals surface area (Å²) in [4.78, 5) is 0. The average Bonchev–Trinajstić information content (AvgIpc) is 2.99. The van der Waals surface area contributed by atoms with Gasteiger partial charge in [0.1, 0.15) is 11.0 Å². The second-order valence-electron chi connectivity index (χ2n) is 4.52. The number of benzene rings is 2. The minimum absolute atomic E-state index is 0.138. The first-order chi connectivity index (χ1) is 10.3. The number of hydrogen-bond acceptors (Lipinski definition) is 5. The van der Waals surface area contributed by atoms with Crippen molar-refractivity contribution in [3.8, 4) is 6.07 Å². The molecule has 3 aromatic rings. The highest BCUT2D eigenvalue weighted by atomic mass is 35.5. The smallest absolute Gasteiger partial charge is 0.129 e. The molecule has 1 N–H and O–H groups in total. The number of anilines is 1. The molecule has 0 spiro atoms. The van der Waals surface area contributed by atoms with Gasteiger partial charge in [-0.3, -0.25) is 0 Å². The van der Waals surface area contributed by atoms with Crippen molar-refractivity contribution < 1.29 is 0 Å². The molecule has 1 heterocycles. The fraction of sp³-hybridized carbons (Fsp3) is 0.133. The summed E-state index contributed by atoms with van der Waals surface area (Å²) in [7, 11) is 0. The summed E-state index contributed by atoms with van der Waals surface area (Å²) in [6, 6.07) is 15.5. The van der Waals surface area contributed by atoms with E-state index < -0.39 is 0 Å². The van der Waals surface area contributed by atoms with Gasteiger partial charge in [0.2, 0.25) is 0 Å². The standard InChI is InChI=1S/C15H11ClN4S/c16-11-6-7-13-15(20-21-19-13)14(11)18-12(8-9-17)10-4-2-1-3-5-10/h1-7,12,18H,8H2. The number of nitrogens with zero attached hydrogens (tertiary/aromatic N) is 3. The molecule has 21 heavy (non-hydrogen) atoms. The molecule has 0 amide bonds. The van der Waals surface area contributed by atoms with E-state index in [2.05, 4.69) is 20.1 Å². The van der Waals surface area contributed by atoms with E-state index in [1.165, 1.54) is 0 Å². The van der Waals surface area contributed by atoms with Crippen molar-refractivity contribution in [2.75, 3.05) is 5.32 Å². The van der Waals surface area contributed by atoms with Gasteiger partial charge in [0.15, 0.2) is 0 Å². The molecule has 4 nitrogen and oxygen atoms in total. The molecule has 6 heteroatoms. The van der Waals surface area contributed by atoms with E-state index in [0.717, 1.165) is 34.0 Å². The summed E-state index contributed by atoms with van der Waals surface area (Å²) in [5.41, 5.74) is 3.31. The van der Waals surface area contributed by atoms with Gasteiger partial charge in [-0.25, -0.2) is 0 Å². The van der Waals surface area contributed by atoms with Crippen LogP contribution in [0, 0.1) is 11.3 Å². The predicted molar refractivity (Wildman–Crippen MR) is 85.5 cm³/mol. The van der Waals surface area contributed by atoms with Gasteiger partial charge in [-0.1, -0.05) is 41.9 Å². The predicted octanol–water partition coefficient (Wildman–Crippen LogP) is 4.41. The van der Waals surface area contributed by atoms with E-state index in [-0.39, 0.29) is 6.04 Å². The molecule has 0 saturated carbocycles. The molecule has 1 atom stereocenters. The third-order valence-electron chi connectivity index (χ3n) is 3.19. The monoisotopic (exact) mass is 314 g/mol. The molecule has 0 aliphatic heterocycles. The highest BCUT2D eigenvalue weighted by Gasteiger charge is 2.16. The number of hydrogen-bond donors (Lipinski definition) is 1. The Morgan fingerprint density at radius 3 is 2.76 bits per heavy atom. The molecule has 104 valence electrons. The molecule has 3 rings (SSSR count). The van der Waals surface area contributed by atoms with Crippen LogP contribution in [0.4, 0.5) is 5.69 Å². The topological polar surface area (TPSA) is 61.6 Å². The number of fused-ring (bicyclic) bond motifs is 1. The van der Waals surface area contributed by atoms with Gasteiger partial charge >= 0.3 is 0 Å². The largest absolute Gasteiger partial charge is 0.374 e. The molecule has 0 bridgehead atoms. The van der Waals surface area contributed by atoms with E-state index in [1.807, 2.05) is 36.4 Å². The normalized spacial score (nSPS) is 12.0. The van der Waals surface area contributed by atoms with Crippen molar-refractivity contribution in [2.45, 2.75) is 12.5 Å². The fourth-order valence-electron chi connectivity index (χ4n) is 2.17. The van der Waals surface area contributed by atoms with Gasteiger partial charge in [-0.05, 0) is 17.7 Å². The molecular weight excluding hydrogens is 304 g/mol. The Hall–Kier alpha value is -2.16. The van der Waals surface area contributed by atoms with Crippen LogP contribution in [-0.4, -0.2) is 8.75 Å². The Labute approximate surface area is 131 Å². The third kappa shape index (κ3) is 2.82.